The number of aliphatic imine (C=N–C) groups is 2. The summed E-state index contributed by atoms with van der Waals surface area (Å²) in [6.07, 6.45) is 5.81. The molecule has 8 amide bonds. The number of likely N-dealkylation sites (tertiary alicyclic amines) is 1. The molecule has 3 aromatic rings. The number of nitrogens with two attached hydrogens (primary N) is 2. The summed E-state index contributed by atoms with van der Waals surface area (Å²) in [5.41, 5.74) is 13.7. The number of allylic oxidation sites excluding steroid dienone is 1. The highest BCUT2D eigenvalue weighted by atomic mass is 33.1. The van der Waals surface area contributed by atoms with Crippen molar-refractivity contribution in [2.45, 2.75) is 126 Å². The summed E-state index contributed by atoms with van der Waals surface area (Å²) in [6.45, 7) is 3.62. The maximum absolute atomic E-state index is 14.8. The van der Waals surface area contributed by atoms with Gasteiger partial charge in [0.15, 0.2) is 5.96 Å². The fourth-order valence-electron chi connectivity index (χ4n) is 8.99. The minimum absolute atomic E-state index is 0.0283. The van der Waals surface area contributed by atoms with Crippen LogP contribution in [0.2, 0.25) is 0 Å². The number of hydrogen-bond acceptors (Lipinski definition) is 13. The summed E-state index contributed by atoms with van der Waals surface area (Å²) in [7, 11) is 2.23. The van der Waals surface area contributed by atoms with E-state index in [1.54, 1.807) is 53.7 Å². The van der Waals surface area contributed by atoms with Gasteiger partial charge in [-0.2, -0.15) is 0 Å². The molecule has 3 aliphatic heterocycles. The van der Waals surface area contributed by atoms with Crippen LogP contribution in [0.5, 0.6) is 0 Å². The van der Waals surface area contributed by atoms with E-state index in [9.17, 15) is 48.3 Å². The van der Waals surface area contributed by atoms with Crippen molar-refractivity contribution in [3.63, 3.8) is 0 Å². The minimum Gasteiger partial charge on any atom is -0.481 e. The lowest BCUT2D eigenvalue weighted by atomic mass is 10.0. The van der Waals surface area contributed by atoms with Gasteiger partial charge in [0.05, 0.1) is 0 Å². The molecule has 0 unspecified atom stereocenters. The van der Waals surface area contributed by atoms with E-state index in [-0.39, 0.29) is 68.1 Å². The first kappa shape index (κ1) is 57.9. The van der Waals surface area contributed by atoms with Crippen LogP contribution in [0.1, 0.15) is 76.3 Å². The van der Waals surface area contributed by atoms with Gasteiger partial charge < -0.3 is 63.7 Å². The third-order valence-electron chi connectivity index (χ3n) is 13.0. The lowest BCUT2D eigenvalue weighted by Crippen LogP contribution is -2.60. The molecule has 0 saturated carbocycles. The molecule has 76 heavy (non-hydrogen) atoms. The molecule has 0 radical (unpaired) electrons. The third kappa shape index (κ3) is 17.3. The Morgan fingerprint density at radius 3 is 2.01 bits per heavy atom. The normalized spacial score (nSPS) is 24.5. The van der Waals surface area contributed by atoms with Crippen LogP contribution in [0.15, 0.2) is 82.6 Å². The predicted molar refractivity (Wildman–Crippen MR) is 289 cm³/mol. The van der Waals surface area contributed by atoms with Crippen LogP contribution in [0, 0.1) is 0 Å². The summed E-state index contributed by atoms with van der Waals surface area (Å²) in [4.78, 5) is 139. The Bertz CT molecular complexity index is 2680. The van der Waals surface area contributed by atoms with Gasteiger partial charge in [-0.1, -0.05) is 76.2 Å². The SMILES string of the molecule is CC(=O)N[C@H]1CSSC[C@@H](C(=O)N2CCC[C@H]2C)NC(=O)[C@H](Cc2c[nH]c3ccccc23)NC(=O)[C@H](CCCN=C(N)N)NC(=O)[C@@H](Cc2ccccc2)NC(=O)[C@H](CC2=CCC=N2)NC(=O)[C@H](CCC(=O)O)NC1=O. The Kier molecular flexibility index (Phi) is 21.7. The molecule has 8 atom stereocenters. The second-order valence-electron chi connectivity index (χ2n) is 18.8. The second-order valence-corrected chi connectivity index (χ2v) is 21.3. The number of amides is 8. The van der Waals surface area contributed by atoms with E-state index in [2.05, 4.69) is 52.2 Å². The molecule has 1 aromatic heterocycles. The maximum atomic E-state index is 14.8. The van der Waals surface area contributed by atoms with Crippen LogP contribution in [0.3, 0.4) is 0 Å². The zero-order valence-electron chi connectivity index (χ0n) is 42.4. The molecule has 25 heteroatoms. The lowest BCUT2D eigenvalue weighted by molar-refractivity contribution is -0.138. The van der Waals surface area contributed by atoms with E-state index in [0.717, 1.165) is 45.3 Å². The van der Waals surface area contributed by atoms with E-state index in [1.807, 2.05) is 31.2 Å². The van der Waals surface area contributed by atoms with E-state index in [0.29, 0.717) is 29.8 Å². The van der Waals surface area contributed by atoms with Crippen LogP contribution in [-0.4, -0.2) is 153 Å². The summed E-state index contributed by atoms with van der Waals surface area (Å²) in [5, 5.41) is 29.6. The third-order valence-corrected chi connectivity index (χ3v) is 15.4. The number of fused-ring (bicyclic) bond motifs is 1. The molecule has 408 valence electrons. The average molecular weight is 1090 g/mol. The fourth-order valence-corrected chi connectivity index (χ4v) is 11.3. The number of carboxylic acid groups (broad SMARTS) is 1. The first-order chi connectivity index (χ1) is 36.4. The number of aromatic amines is 1. The van der Waals surface area contributed by atoms with E-state index >= 15 is 0 Å². The number of benzene rings is 2. The summed E-state index contributed by atoms with van der Waals surface area (Å²) < 4.78 is 0. The Labute approximate surface area is 447 Å². The molecule has 2 aromatic carbocycles. The number of aliphatic carboxylic acids is 1. The van der Waals surface area contributed by atoms with Gasteiger partial charge in [-0.15, -0.1) is 0 Å². The number of guanidine groups is 1. The molecule has 4 heterocycles. The minimum atomic E-state index is -1.53. The Balaban J connectivity index is 1.42. The number of carbonyl (C=O) groups is 9. The van der Waals surface area contributed by atoms with Gasteiger partial charge >= 0.3 is 5.97 Å². The number of carbonyl (C=O) groups excluding carboxylic acids is 8. The number of aromatic nitrogens is 1. The van der Waals surface area contributed by atoms with Gasteiger partial charge in [0.2, 0.25) is 47.3 Å². The van der Waals surface area contributed by atoms with Gasteiger partial charge in [-0.05, 0) is 56.2 Å². The van der Waals surface area contributed by atoms with Crippen molar-refractivity contribution in [1.82, 2.24) is 47.1 Å². The molecule has 0 bridgehead atoms. The molecule has 13 N–H and O–H groups in total. The molecular weight excluding hydrogens is 1020 g/mol. The van der Waals surface area contributed by atoms with Gasteiger partial charge in [0.25, 0.3) is 0 Å². The van der Waals surface area contributed by atoms with Gasteiger partial charge in [-0.3, -0.25) is 53.1 Å². The molecular formula is C51H67N13O10S2. The Morgan fingerprint density at radius 1 is 0.763 bits per heavy atom. The largest absolute Gasteiger partial charge is 0.481 e. The van der Waals surface area contributed by atoms with E-state index in [1.165, 1.54) is 6.92 Å². The molecule has 2 fully saturated rings. The highest BCUT2D eigenvalue weighted by molar-refractivity contribution is 8.76. The zero-order chi connectivity index (χ0) is 54.7. The van der Waals surface area contributed by atoms with Crippen LogP contribution >= 0.6 is 21.6 Å². The monoisotopic (exact) mass is 1090 g/mol. The van der Waals surface area contributed by atoms with Crippen molar-refractivity contribution < 1.29 is 48.3 Å². The summed E-state index contributed by atoms with van der Waals surface area (Å²) >= 11 is 0. The van der Waals surface area contributed by atoms with Gasteiger partial charge in [0, 0.05) is 98.7 Å². The fraction of sp³-hybridized carbons (Fsp3) is 0.471. The highest BCUT2D eigenvalue weighted by Gasteiger charge is 2.37. The van der Waals surface area contributed by atoms with Crippen molar-refractivity contribution in [1.29, 1.82) is 0 Å². The first-order valence-electron chi connectivity index (χ1n) is 25.2. The number of nitrogens with one attached hydrogen (secondary N) is 8. The summed E-state index contributed by atoms with van der Waals surface area (Å²) in [5.74, 6) is -7.48. The standard InChI is InChI=1S/C51H67N13O10S2/c1-29-11-10-22-64(29)50(74)42-28-76-75-27-41(57-30(2)65)49(73)59-37(18-19-43(66)67)45(69)62-40(25-33-14-8-20-54-33)48(72)60-38(23-31-12-4-3-5-13-31)46(70)58-36(17-9-21-55-51(52)53)44(68)61-39(47(71)63-42)24-32-26-56-35-16-7-6-15-34(32)35/h3-7,12-16,20,26,29,36-42,56H,8-11,17-19,21-25,27-28H2,1-2H3,(H,57,65)(H,58,70)(H,59,73)(H,60,72)(H,61,68)(H,62,69)(H,63,71)(H,66,67)(H4,52,53,55)/t29-,36+,37+,38-,39+,40+,41+,42+/m1/s1. The molecule has 6 rings (SSSR count). The van der Waals surface area contributed by atoms with Crippen LogP contribution in [-0.2, 0) is 56.0 Å². The van der Waals surface area contributed by atoms with Crippen LogP contribution < -0.4 is 48.7 Å². The maximum Gasteiger partial charge on any atom is 0.303 e. The molecule has 2 saturated heterocycles. The molecule has 3 aliphatic rings. The number of hydrogen-bond donors (Lipinski definition) is 11. The van der Waals surface area contributed by atoms with E-state index < -0.39 is 102 Å². The van der Waals surface area contributed by atoms with Gasteiger partial charge in [0.1, 0.15) is 42.3 Å². The molecule has 23 nitrogen and oxygen atoms in total. The number of carboxylic acids is 1. The second kappa shape index (κ2) is 28.5. The number of para-hydroxylation sites is 1. The molecule has 0 aliphatic carbocycles. The lowest BCUT2D eigenvalue weighted by Gasteiger charge is -2.29. The first-order valence-corrected chi connectivity index (χ1v) is 27.7. The quantitative estimate of drug-likeness (QED) is 0.0426. The zero-order valence-corrected chi connectivity index (χ0v) is 44.0. The number of nitrogens with zero attached hydrogens (tertiary/aromatic N) is 3. The molecule has 0 spiro atoms. The van der Waals surface area contributed by atoms with E-state index in [4.69, 9.17) is 11.5 Å². The topological polar surface area (TPSA) is 354 Å². The van der Waals surface area contributed by atoms with Crippen molar-refractivity contribution in [2.75, 3.05) is 24.6 Å². The summed E-state index contributed by atoms with van der Waals surface area (Å²) in [6, 6.07) is 6.50. The van der Waals surface area contributed by atoms with Crippen molar-refractivity contribution in [3.8, 4) is 0 Å². The number of H-pyrrole nitrogens is 1. The van der Waals surface area contributed by atoms with Crippen molar-refractivity contribution >= 4 is 97.9 Å². The number of rotatable bonds is 15. The Hall–Kier alpha value is -7.41. The van der Waals surface area contributed by atoms with Crippen LogP contribution in [0.25, 0.3) is 10.9 Å². The van der Waals surface area contributed by atoms with Gasteiger partial charge in [-0.25, -0.2) is 0 Å². The smallest absolute Gasteiger partial charge is 0.303 e. The highest BCUT2D eigenvalue weighted by Crippen LogP contribution is 2.26. The van der Waals surface area contributed by atoms with Crippen LogP contribution in [0.4, 0.5) is 0 Å². The Morgan fingerprint density at radius 2 is 1.37 bits per heavy atom. The van der Waals surface area contributed by atoms with Crippen molar-refractivity contribution in [3.05, 3.63) is 83.7 Å². The average Bonchev–Trinajstić information content (AvgIpc) is 4.17. The predicted octanol–water partition coefficient (Wildman–Crippen LogP) is 0.439. The van der Waals surface area contributed by atoms with Crippen molar-refractivity contribution in [2.24, 2.45) is 21.5 Å².